The molecular formula is C19H23BN6O. The van der Waals surface area contributed by atoms with Gasteiger partial charge in [-0.1, -0.05) is 18.9 Å². The van der Waals surface area contributed by atoms with Crippen LogP contribution >= 0.6 is 0 Å². The molecule has 0 aliphatic heterocycles. The third kappa shape index (κ3) is 3.90. The Morgan fingerprint density at radius 1 is 1.26 bits per heavy atom. The second kappa shape index (κ2) is 7.96. The van der Waals surface area contributed by atoms with Crippen LogP contribution in [-0.2, 0) is 6.54 Å². The van der Waals surface area contributed by atoms with E-state index in [1.54, 1.807) is 16.9 Å². The Kier molecular flexibility index (Phi) is 5.24. The predicted molar refractivity (Wildman–Crippen MR) is 106 cm³/mol. The first-order valence-electron chi connectivity index (χ1n) is 9.39. The zero-order valence-electron chi connectivity index (χ0n) is 15.2. The molecule has 3 aromatic rings. The fourth-order valence-corrected chi connectivity index (χ4v) is 3.68. The van der Waals surface area contributed by atoms with E-state index in [1.165, 1.54) is 6.42 Å². The van der Waals surface area contributed by atoms with Crippen molar-refractivity contribution in [2.45, 2.75) is 38.3 Å². The van der Waals surface area contributed by atoms with Gasteiger partial charge in [-0.15, -0.1) is 0 Å². The van der Waals surface area contributed by atoms with E-state index < -0.39 is 0 Å². The molecule has 0 bridgehead atoms. The minimum Gasteiger partial charge on any atom is -0.396 e. The number of nitrogens with one attached hydrogen (secondary N) is 2. The van der Waals surface area contributed by atoms with Crippen molar-refractivity contribution >= 4 is 30.6 Å². The molecular weight excluding hydrogens is 339 g/mol. The van der Waals surface area contributed by atoms with Crippen molar-refractivity contribution in [1.82, 2.24) is 19.6 Å². The van der Waals surface area contributed by atoms with Gasteiger partial charge in [-0.2, -0.15) is 9.61 Å². The number of aliphatic hydroxyl groups is 1. The summed E-state index contributed by atoms with van der Waals surface area (Å²) in [6.45, 7) is 0.815. The van der Waals surface area contributed by atoms with Crippen LogP contribution < -0.4 is 16.1 Å². The first kappa shape index (κ1) is 17.8. The van der Waals surface area contributed by atoms with E-state index in [1.807, 2.05) is 24.4 Å². The Hall–Kier alpha value is -2.61. The van der Waals surface area contributed by atoms with Crippen LogP contribution in [0.15, 0.2) is 36.8 Å². The van der Waals surface area contributed by atoms with Crippen molar-refractivity contribution in [2.75, 3.05) is 17.2 Å². The molecule has 3 aromatic heterocycles. The summed E-state index contributed by atoms with van der Waals surface area (Å²) < 4.78 is 1.71. The maximum absolute atomic E-state index is 9.67. The van der Waals surface area contributed by atoms with E-state index in [9.17, 15) is 5.11 Å². The van der Waals surface area contributed by atoms with Crippen molar-refractivity contribution in [3.63, 3.8) is 0 Å². The molecule has 0 amide bonds. The normalized spacial score (nSPS) is 19.9. The van der Waals surface area contributed by atoms with Gasteiger partial charge < -0.3 is 15.7 Å². The molecule has 0 saturated heterocycles. The summed E-state index contributed by atoms with van der Waals surface area (Å²) in [5.41, 5.74) is 2.22. The highest BCUT2D eigenvalue weighted by Crippen LogP contribution is 2.27. The van der Waals surface area contributed by atoms with Gasteiger partial charge in [-0.05, 0) is 29.9 Å². The summed E-state index contributed by atoms with van der Waals surface area (Å²) in [6, 6.07) is 6.09. The molecule has 2 atom stereocenters. The third-order valence-electron chi connectivity index (χ3n) is 5.17. The molecule has 0 spiro atoms. The first-order chi connectivity index (χ1) is 13.2. The Labute approximate surface area is 159 Å². The quantitative estimate of drug-likeness (QED) is 0.576. The summed E-state index contributed by atoms with van der Waals surface area (Å²) >= 11 is 0. The molecule has 0 unspecified atom stereocenters. The third-order valence-corrected chi connectivity index (χ3v) is 5.17. The summed E-state index contributed by atoms with van der Waals surface area (Å²) in [4.78, 5) is 8.79. The van der Waals surface area contributed by atoms with Crippen molar-refractivity contribution in [2.24, 2.45) is 5.92 Å². The number of fused-ring (bicyclic) bond motifs is 1. The minimum absolute atomic E-state index is 0.195. The van der Waals surface area contributed by atoms with Crippen LogP contribution in [0.25, 0.3) is 5.65 Å². The molecule has 3 N–H and O–H groups in total. The molecule has 27 heavy (non-hydrogen) atoms. The van der Waals surface area contributed by atoms with E-state index >= 15 is 0 Å². The highest BCUT2D eigenvalue weighted by atomic mass is 16.3. The fraction of sp³-hybridized carbons (Fsp3) is 0.421. The molecule has 2 radical (unpaired) electrons. The minimum atomic E-state index is 0.195. The molecule has 4 rings (SSSR count). The van der Waals surface area contributed by atoms with Crippen molar-refractivity contribution < 1.29 is 5.11 Å². The lowest BCUT2D eigenvalue weighted by molar-refractivity contribution is 0.178. The van der Waals surface area contributed by atoms with Crippen LogP contribution in [0, 0.1) is 5.92 Å². The Morgan fingerprint density at radius 2 is 2.15 bits per heavy atom. The van der Waals surface area contributed by atoms with Gasteiger partial charge in [0.15, 0.2) is 5.65 Å². The van der Waals surface area contributed by atoms with Crippen LogP contribution in [-0.4, -0.2) is 45.2 Å². The van der Waals surface area contributed by atoms with E-state index in [0.29, 0.717) is 17.7 Å². The molecule has 138 valence electrons. The predicted octanol–water partition coefficient (Wildman–Crippen LogP) is 1.49. The standard InChI is InChI=1S/C19H23BN6O/c20-15-11-23-26-18(22-10-13-4-3-7-21-9-13)8-17(25-19(15)26)24-16-6-2-1-5-14(16)12-27/h3-4,7-9,11,14,16,22,27H,1-2,5-6,10,12H2,(H,24,25)/t14-,16+/m0/s1. The second-order valence-corrected chi connectivity index (χ2v) is 7.05. The summed E-state index contributed by atoms with van der Waals surface area (Å²) in [5.74, 6) is 1.80. The van der Waals surface area contributed by atoms with Gasteiger partial charge in [0.05, 0.1) is 0 Å². The molecule has 7 nitrogen and oxygen atoms in total. The maximum atomic E-state index is 9.67. The monoisotopic (exact) mass is 362 g/mol. The van der Waals surface area contributed by atoms with Crippen LogP contribution in [0.1, 0.15) is 31.2 Å². The molecule has 3 heterocycles. The molecule has 1 saturated carbocycles. The van der Waals surface area contributed by atoms with E-state index in [2.05, 4.69) is 25.7 Å². The summed E-state index contributed by atoms with van der Waals surface area (Å²) in [5, 5.41) is 20.9. The zero-order chi connectivity index (χ0) is 18.6. The number of hydrogen-bond acceptors (Lipinski definition) is 6. The van der Waals surface area contributed by atoms with Crippen molar-refractivity contribution in [3.8, 4) is 0 Å². The highest BCUT2D eigenvalue weighted by molar-refractivity contribution is 6.36. The average Bonchev–Trinajstić information content (AvgIpc) is 3.08. The van der Waals surface area contributed by atoms with Gasteiger partial charge in [-0.25, -0.2) is 4.98 Å². The van der Waals surface area contributed by atoms with Gasteiger partial charge >= 0.3 is 0 Å². The summed E-state index contributed by atoms with van der Waals surface area (Å²) in [7, 11) is 6.06. The molecule has 8 heteroatoms. The Bertz CT molecular complexity index is 900. The lowest BCUT2D eigenvalue weighted by atomic mass is 9.85. The van der Waals surface area contributed by atoms with Gasteiger partial charge in [0.1, 0.15) is 19.5 Å². The Morgan fingerprint density at radius 3 is 2.96 bits per heavy atom. The number of rotatable bonds is 6. The molecule has 1 aliphatic rings. The molecule has 1 aliphatic carbocycles. The number of aliphatic hydroxyl groups excluding tert-OH is 1. The van der Waals surface area contributed by atoms with Crippen LogP contribution in [0.3, 0.4) is 0 Å². The van der Waals surface area contributed by atoms with Gasteiger partial charge in [0.25, 0.3) is 0 Å². The van der Waals surface area contributed by atoms with Gasteiger partial charge in [0, 0.05) is 49.8 Å². The SMILES string of the molecule is [B]c1cnn2c(NCc3cccnc3)cc(N[C@@H]3CCCC[C@H]3CO)nc12. The van der Waals surface area contributed by atoms with E-state index in [4.69, 9.17) is 7.85 Å². The highest BCUT2D eigenvalue weighted by Gasteiger charge is 2.25. The molecule has 0 aromatic carbocycles. The van der Waals surface area contributed by atoms with Gasteiger partial charge in [0.2, 0.25) is 0 Å². The van der Waals surface area contributed by atoms with Gasteiger partial charge in [-0.3, -0.25) is 4.98 Å². The number of pyridine rings is 1. The number of nitrogens with zero attached hydrogens (tertiary/aromatic N) is 4. The van der Waals surface area contributed by atoms with Crippen molar-refractivity contribution in [3.05, 3.63) is 42.4 Å². The summed E-state index contributed by atoms with van der Waals surface area (Å²) in [6.07, 6.45) is 9.60. The number of hydrogen-bond donors (Lipinski definition) is 3. The lowest BCUT2D eigenvalue weighted by Crippen LogP contribution is -2.34. The fourth-order valence-electron chi connectivity index (χ4n) is 3.68. The smallest absolute Gasteiger partial charge is 0.152 e. The number of anilines is 2. The van der Waals surface area contributed by atoms with Crippen LogP contribution in [0.4, 0.5) is 11.6 Å². The number of aromatic nitrogens is 4. The maximum Gasteiger partial charge on any atom is 0.152 e. The van der Waals surface area contributed by atoms with Crippen molar-refractivity contribution in [1.29, 1.82) is 0 Å². The lowest BCUT2D eigenvalue weighted by Gasteiger charge is -2.31. The second-order valence-electron chi connectivity index (χ2n) is 7.05. The average molecular weight is 362 g/mol. The van der Waals surface area contributed by atoms with Crippen LogP contribution in [0.5, 0.6) is 0 Å². The largest absolute Gasteiger partial charge is 0.396 e. The molecule has 1 fully saturated rings. The first-order valence-corrected chi connectivity index (χ1v) is 9.39. The Balaban J connectivity index is 1.60. The van der Waals surface area contributed by atoms with Crippen LogP contribution in [0.2, 0.25) is 0 Å². The van der Waals surface area contributed by atoms with E-state index in [0.717, 1.165) is 36.5 Å². The van der Waals surface area contributed by atoms with E-state index in [-0.39, 0.29) is 18.6 Å². The topological polar surface area (TPSA) is 87.4 Å². The zero-order valence-corrected chi connectivity index (χ0v) is 15.2.